The molecule has 0 radical (unpaired) electrons. The molecule has 0 aliphatic rings. The van der Waals surface area contributed by atoms with Gasteiger partial charge in [-0.3, -0.25) is 9.78 Å². The van der Waals surface area contributed by atoms with Gasteiger partial charge >= 0.3 is 0 Å². The Hall–Kier alpha value is -3.15. The highest BCUT2D eigenvalue weighted by atomic mass is 16.5. The first-order chi connectivity index (χ1) is 12.5. The molecule has 0 aliphatic carbocycles. The molecule has 2 heterocycles. The molecule has 0 aliphatic heterocycles. The van der Waals surface area contributed by atoms with E-state index < -0.39 is 0 Å². The summed E-state index contributed by atoms with van der Waals surface area (Å²) in [5.74, 6) is 1.20. The maximum Gasteiger partial charge on any atom is 0.273 e. The van der Waals surface area contributed by atoms with Gasteiger partial charge in [-0.25, -0.2) is 0 Å². The highest BCUT2D eigenvalue weighted by molar-refractivity contribution is 5.93. The first-order valence-electron chi connectivity index (χ1n) is 8.54. The van der Waals surface area contributed by atoms with Crippen LogP contribution in [0.4, 0.5) is 11.5 Å². The summed E-state index contributed by atoms with van der Waals surface area (Å²) < 4.78 is 5.05. The number of amides is 1. The number of nitrogens with one attached hydrogen (secondary N) is 1. The lowest BCUT2D eigenvalue weighted by Crippen LogP contribution is -2.36. The van der Waals surface area contributed by atoms with Crippen LogP contribution < -0.4 is 5.32 Å². The van der Waals surface area contributed by atoms with Crippen molar-refractivity contribution in [3.63, 3.8) is 0 Å². The Morgan fingerprint density at radius 2 is 1.96 bits per heavy atom. The van der Waals surface area contributed by atoms with Gasteiger partial charge in [0.25, 0.3) is 5.91 Å². The summed E-state index contributed by atoms with van der Waals surface area (Å²) in [7, 11) is 0. The summed E-state index contributed by atoms with van der Waals surface area (Å²) in [4.78, 5) is 19.1. The Labute approximate surface area is 152 Å². The molecule has 6 heteroatoms. The SMILES string of the molecule is Cc1cc(Nc2ccnc(C(=O)N(Cc3ccccc3)C(C)C)c2)no1. The molecular weight excluding hydrogens is 328 g/mol. The molecule has 134 valence electrons. The highest BCUT2D eigenvalue weighted by Gasteiger charge is 2.20. The van der Waals surface area contributed by atoms with Crippen LogP contribution in [0.5, 0.6) is 0 Å². The minimum absolute atomic E-state index is 0.0549. The fourth-order valence-electron chi connectivity index (χ4n) is 2.61. The standard InChI is InChI=1S/C20H22N4O2/c1-14(2)24(13-16-7-5-4-6-8-16)20(25)18-12-17(9-10-21-18)22-19-11-15(3)26-23-19/h4-12,14H,13H2,1-3H3,(H,21,22,23). The van der Waals surface area contributed by atoms with E-state index in [1.54, 1.807) is 24.4 Å². The van der Waals surface area contributed by atoms with E-state index in [2.05, 4.69) is 15.5 Å². The van der Waals surface area contributed by atoms with Gasteiger partial charge in [0.2, 0.25) is 0 Å². The third kappa shape index (κ3) is 4.27. The molecule has 26 heavy (non-hydrogen) atoms. The Morgan fingerprint density at radius 1 is 1.19 bits per heavy atom. The Kier molecular flexibility index (Phi) is 5.31. The molecule has 0 bridgehead atoms. The quantitative estimate of drug-likeness (QED) is 0.722. The van der Waals surface area contributed by atoms with Gasteiger partial charge in [-0.2, -0.15) is 0 Å². The number of carbonyl (C=O) groups is 1. The van der Waals surface area contributed by atoms with Gasteiger partial charge in [0.15, 0.2) is 5.82 Å². The van der Waals surface area contributed by atoms with E-state index >= 15 is 0 Å². The first kappa shape index (κ1) is 17.7. The largest absolute Gasteiger partial charge is 0.360 e. The van der Waals surface area contributed by atoms with Crippen molar-refractivity contribution in [2.45, 2.75) is 33.4 Å². The average Bonchev–Trinajstić information content (AvgIpc) is 3.05. The molecule has 3 rings (SSSR count). The number of hydrogen-bond acceptors (Lipinski definition) is 5. The van der Waals surface area contributed by atoms with Gasteiger partial charge in [0.05, 0.1) is 0 Å². The third-order valence-corrected chi connectivity index (χ3v) is 3.96. The van der Waals surface area contributed by atoms with Crippen LogP contribution in [-0.4, -0.2) is 27.0 Å². The molecule has 0 atom stereocenters. The van der Waals surface area contributed by atoms with E-state index in [-0.39, 0.29) is 11.9 Å². The predicted molar refractivity (Wildman–Crippen MR) is 100 cm³/mol. The molecule has 0 spiro atoms. The van der Waals surface area contributed by atoms with Crippen LogP contribution in [-0.2, 0) is 6.54 Å². The summed E-state index contributed by atoms with van der Waals surface area (Å²) in [6.45, 7) is 6.37. The molecule has 0 saturated heterocycles. The Bertz CT molecular complexity index is 874. The van der Waals surface area contributed by atoms with E-state index in [0.29, 0.717) is 23.8 Å². The van der Waals surface area contributed by atoms with Crippen LogP contribution in [0.15, 0.2) is 59.3 Å². The molecule has 0 unspecified atom stereocenters. The van der Waals surface area contributed by atoms with Crippen LogP contribution in [0, 0.1) is 6.92 Å². The summed E-state index contributed by atoms with van der Waals surface area (Å²) in [6.07, 6.45) is 1.61. The smallest absolute Gasteiger partial charge is 0.273 e. The maximum atomic E-state index is 13.0. The van der Waals surface area contributed by atoms with Gasteiger partial charge in [-0.05, 0) is 38.5 Å². The van der Waals surface area contributed by atoms with E-state index in [1.165, 1.54) is 0 Å². The summed E-state index contributed by atoms with van der Waals surface area (Å²) >= 11 is 0. The zero-order chi connectivity index (χ0) is 18.5. The monoisotopic (exact) mass is 350 g/mol. The Balaban J connectivity index is 1.79. The van der Waals surface area contributed by atoms with Gasteiger partial charge in [-0.15, -0.1) is 0 Å². The van der Waals surface area contributed by atoms with Crippen LogP contribution in [0.25, 0.3) is 0 Å². The average molecular weight is 350 g/mol. The number of nitrogens with zero attached hydrogens (tertiary/aromatic N) is 3. The summed E-state index contributed by atoms with van der Waals surface area (Å²) in [5, 5.41) is 7.03. The fourth-order valence-corrected chi connectivity index (χ4v) is 2.61. The van der Waals surface area contributed by atoms with Crippen molar-refractivity contribution in [1.82, 2.24) is 15.0 Å². The minimum Gasteiger partial charge on any atom is -0.360 e. The van der Waals surface area contributed by atoms with Crippen LogP contribution in [0.2, 0.25) is 0 Å². The molecule has 2 aromatic heterocycles. The van der Waals surface area contributed by atoms with Crippen LogP contribution in [0.3, 0.4) is 0 Å². The van der Waals surface area contributed by atoms with Gasteiger partial charge in [-0.1, -0.05) is 35.5 Å². The summed E-state index contributed by atoms with van der Waals surface area (Å²) in [6, 6.07) is 15.3. The highest BCUT2D eigenvalue weighted by Crippen LogP contribution is 2.18. The normalized spacial score (nSPS) is 10.8. The number of anilines is 2. The number of aryl methyl sites for hydroxylation is 1. The lowest BCUT2D eigenvalue weighted by molar-refractivity contribution is 0.0684. The fraction of sp³-hybridized carbons (Fsp3) is 0.250. The van der Waals surface area contributed by atoms with Crippen molar-refractivity contribution < 1.29 is 9.32 Å². The van der Waals surface area contributed by atoms with Crippen molar-refractivity contribution >= 4 is 17.4 Å². The molecule has 0 saturated carbocycles. The lowest BCUT2D eigenvalue weighted by Gasteiger charge is -2.26. The molecule has 1 aromatic carbocycles. The maximum absolute atomic E-state index is 13.0. The lowest BCUT2D eigenvalue weighted by atomic mass is 10.1. The zero-order valence-electron chi connectivity index (χ0n) is 15.1. The number of aromatic nitrogens is 2. The number of hydrogen-bond donors (Lipinski definition) is 1. The molecule has 0 fully saturated rings. The van der Waals surface area contributed by atoms with Crippen molar-refractivity contribution in [3.8, 4) is 0 Å². The van der Waals surface area contributed by atoms with E-state index in [0.717, 1.165) is 11.3 Å². The van der Waals surface area contributed by atoms with Crippen LogP contribution in [0.1, 0.15) is 35.7 Å². The summed E-state index contributed by atoms with van der Waals surface area (Å²) in [5.41, 5.74) is 2.21. The second-order valence-electron chi connectivity index (χ2n) is 6.39. The van der Waals surface area contributed by atoms with Gasteiger partial charge < -0.3 is 14.7 Å². The molecule has 3 aromatic rings. The van der Waals surface area contributed by atoms with Gasteiger partial charge in [0.1, 0.15) is 11.5 Å². The zero-order valence-corrected chi connectivity index (χ0v) is 15.1. The predicted octanol–water partition coefficient (Wildman–Crippen LogP) is 4.17. The topological polar surface area (TPSA) is 71.3 Å². The van der Waals surface area contributed by atoms with Gasteiger partial charge in [0, 0.05) is 30.5 Å². The van der Waals surface area contributed by atoms with Crippen molar-refractivity contribution in [2.75, 3.05) is 5.32 Å². The van der Waals surface area contributed by atoms with E-state index in [9.17, 15) is 4.79 Å². The van der Waals surface area contributed by atoms with Crippen molar-refractivity contribution in [2.24, 2.45) is 0 Å². The number of benzene rings is 1. The van der Waals surface area contributed by atoms with Crippen LogP contribution >= 0.6 is 0 Å². The third-order valence-electron chi connectivity index (χ3n) is 3.96. The Morgan fingerprint density at radius 3 is 2.62 bits per heavy atom. The molecule has 1 amide bonds. The second kappa shape index (κ2) is 7.82. The minimum atomic E-state index is -0.108. The number of carbonyl (C=O) groups excluding carboxylic acids is 1. The first-order valence-corrected chi connectivity index (χ1v) is 8.54. The van der Waals surface area contributed by atoms with E-state index in [4.69, 9.17) is 4.52 Å². The molecular formula is C20H22N4O2. The van der Waals surface area contributed by atoms with Crippen molar-refractivity contribution in [1.29, 1.82) is 0 Å². The van der Waals surface area contributed by atoms with E-state index in [1.807, 2.05) is 56.0 Å². The number of rotatable bonds is 6. The molecule has 6 nitrogen and oxygen atoms in total. The van der Waals surface area contributed by atoms with Crippen molar-refractivity contribution in [3.05, 3.63) is 71.7 Å². The second-order valence-corrected chi connectivity index (χ2v) is 6.39. The molecule has 1 N–H and O–H groups in total. The number of pyridine rings is 1.